The van der Waals surface area contributed by atoms with Crippen molar-refractivity contribution in [3.05, 3.63) is 58.0 Å². The number of hydrogen-bond donors (Lipinski definition) is 1. The number of ether oxygens (including phenoxy) is 1. The van der Waals surface area contributed by atoms with Gasteiger partial charge in [0.15, 0.2) is 0 Å². The Labute approximate surface area is 122 Å². The molecule has 5 nitrogen and oxygen atoms in total. The van der Waals surface area contributed by atoms with E-state index in [1.54, 1.807) is 24.4 Å². The molecule has 5 heteroatoms. The van der Waals surface area contributed by atoms with Crippen LogP contribution in [0.5, 0.6) is 5.75 Å². The van der Waals surface area contributed by atoms with Gasteiger partial charge in [0.25, 0.3) is 5.56 Å². The van der Waals surface area contributed by atoms with Crippen LogP contribution in [0.2, 0.25) is 0 Å². The van der Waals surface area contributed by atoms with E-state index in [1.165, 1.54) is 4.68 Å². The van der Waals surface area contributed by atoms with Crippen molar-refractivity contribution >= 4 is 0 Å². The minimum absolute atomic E-state index is 0.131. The van der Waals surface area contributed by atoms with Crippen LogP contribution in [-0.2, 0) is 6.54 Å². The van der Waals surface area contributed by atoms with Gasteiger partial charge in [0.1, 0.15) is 19.0 Å². The molecule has 21 heavy (non-hydrogen) atoms. The molecule has 108 valence electrons. The molecule has 0 saturated carbocycles. The summed E-state index contributed by atoms with van der Waals surface area (Å²) in [4.78, 5) is 11.6. The Kier molecular flexibility index (Phi) is 5.13. The lowest BCUT2D eigenvalue weighted by Crippen LogP contribution is -2.25. The highest BCUT2D eigenvalue weighted by atomic mass is 16.5. The van der Waals surface area contributed by atoms with Gasteiger partial charge in [-0.2, -0.15) is 5.10 Å². The summed E-state index contributed by atoms with van der Waals surface area (Å²) in [5.41, 5.74) is 1.53. The Bertz CT molecular complexity index is 709. The minimum atomic E-state index is -0.156. The molecule has 1 heterocycles. The van der Waals surface area contributed by atoms with Gasteiger partial charge in [0.05, 0.1) is 12.7 Å². The fourth-order valence-corrected chi connectivity index (χ4v) is 1.72. The molecule has 0 amide bonds. The zero-order chi connectivity index (χ0) is 15.1. The first-order chi connectivity index (χ1) is 10.2. The van der Waals surface area contributed by atoms with Gasteiger partial charge in [0.2, 0.25) is 0 Å². The zero-order valence-electron chi connectivity index (χ0n) is 11.7. The third-order valence-corrected chi connectivity index (χ3v) is 2.74. The summed E-state index contributed by atoms with van der Waals surface area (Å²) in [5.74, 6) is 6.08. The number of aryl methyl sites for hydroxylation is 1. The van der Waals surface area contributed by atoms with Crippen LogP contribution in [-0.4, -0.2) is 28.1 Å². The van der Waals surface area contributed by atoms with Gasteiger partial charge < -0.3 is 9.84 Å². The van der Waals surface area contributed by atoms with Crippen molar-refractivity contribution in [3.63, 3.8) is 0 Å². The van der Waals surface area contributed by atoms with Crippen LogP contribution in [0.4, 0.5) is 0 Å². The maximum absolute atomic E-state index is 11.6. The molecule has 0 unspecified atom stereocenters. The van der Waals surface area contributed by atoms with Crippen molar-refractivity contribution < 1.29 is 9.84 Å². The lowest BCUT2D eigenvalue weighted by molar-refractivity contribution is 0.287. The van der Waals surface area contributed by atoms with Crippen molar-refractivity contribution in [2.24, 2.45) is 0 Å². The van der Waals surface area contributed by atoms with Gasteiger partial charge in [-0.25, -0.2) is 4.68 Å². The van der Waals surface area contributed by atoms with Gasteiger partial charge in [-0.3, -0.25) is 4.79 Å². The van der Waals surface area contributed by atoms with Gasteiger partial charge in [-0.1, -0.05) is 11.8 Å². The molecule has 1 N–H and O–H groups in total. The highest BCUT2D eigenvalue weighted by molar-refractivity contribution is 5.38. The van der Waals surface area contributed by atoms with E-state index in [2.05, 4.69) is 16.9 Å². The van der Waals surface area contributed by atoms with E-state index in [-0.39, 0.29) is 12.2 Å². The molecule has 0 aliphatic heterocycles. The predicted octanol–water partition coefficient (Wildman–Crippen LogP) is 0.975. The van der Waals surface area contributed by atoms with Crippen molar-refractivity contribution in [3.8, 4) is 17.6 Å². The van der Waals surface area contributed by atoms with Crippen LogP contribution in [0.1, 0.15) is 11.1 Å². The lowest BCUT2D eigenvalue weighted by atomic mass is 10.2. The van der Waals surface area contributed by atoms with Crippen LogP contribution in [0, 0.1) is 18.8 Å². The van der Waals surface area contributed by atoms with E-state index >= 15 is 0 Å². The third-order valence-electron chi connectivity index (χ3n) is 2.74. The molecule has 0 aliphatic carbocycles. The molecule has 0 radical (unpaired) electrons. The topological polar surface area (TPSA) is 64.3 Å². The summed E-state index contributed by atoms with van der Waals surface area (Å²) < 4.78 is 6.93. The molecule has 0 bridgehead atoms. The summed E-state index contributed by atoms with van der Waals surface area (Å²) in [6.07, 6.45) is 1.65. The molecule has 0 spiro atoms. The standard InChI is InChI=1S/C16H16N2O3/c1-13-11-16(20)18(17-12-13)8-10-21-15-6-4-14(5-7-15)3-2-9-19/h4-7,11-12,19H,8-10H2,1H3. The Morgan fingerprint density at radius 1 is 1.33 bits per heavy atom. The number of aromatic nitrogens is 2. The summed E-state index contributed by atoms with van der Waals surface area (Å²) >= 11 is 0. The molecule has 1 aromatic heterocycles. The second-order valence-corrected chi connectivity index (χ2v) is 4.43. The highest BCUT2D eigenvalue weighted by Crippen LogP contribution is 2.11. The van der Waals surface area contributed by atoms with E-state index < -0.39 is 0 Å². The molecule has 0 fully saturated rings. The Hall–Kier alpha value is -2.58. The summed E-state index contributed by atoms with van der Waals surface area (Å²) in [6, 6.07) is 8.77. The van der Waals surface area contributed by atoms with Crippen LogP contribution >= 0.6 is 0 Å². The third kappa shape index (κ3) is 4.48. The number of aliphatic hydroxyl groups excluding tert-OH is 1. The Balaban J connectivity index is 1.90. The van der Waals surface area contributed by atoms with Crippen LogP contribution in [0.25, 0.3) is 0 Å². The Morgan fingerprint density at radius 2 is 2.10 bits per heavy atom. The quantitative estimate of drug-likeness (QED) is 0.850. The van der Waals surface area contributed by atoms with E-state index in [0.29, 0.717) is 18.9 Å². The molecule has 1 aromatic carbocycles. The molecule has 0 aliphatic rings. The van der Waals surface area contributed by atoms with Crippen LogP contribution in [0.3, 0.4) is 0 Å². The molecule has 2 aromatic rings. The summed E-state index contributed by atoms with van der Waals surface area (Å²) in [5, 5.41) is 12.7. The highest BCUT2D eigenvalue weighted by Gasteiger charge is 1.99. The maximum atomic E-state index is 11.6. The molecule has 0 atom stereocenters. The van der Waals surface area contributed by atoms with E-state index in [4.69, 9.17) is 9.84 Å². The average molecular weight is 284 g/mol. The monoisotopic (exact) mass is 284 g/mol. The van der Waals surface area contributed by atoms with Gasteiger partial charge in [0, 0.05) is 11.6 Å². The summed E-state index contributed by atoms with van der Waals surface area (Å²) in [6.45, 7) is 2.43. The second-order valence-electron chi connectivity index (χ2n) is 4.43. The number of benzene rings is 1. The molecule has 2 rings (SSSR count). The van der Waals surface area contributed by atoms with Crippen LogP contribution in [0.15, 0.2) is 41.3 Å². The zero-order valence-corrected chi connectivity index (χ0v) is 11.7. The van der Waals surface area contributed by atoms with Gasteiger partial charge in [-0.15, -0.1) is 0 Å². The normalized spacial score (nSPS) is 9.81. The fraction of sp³-hybridized carbons (Fsp3) is 0.250. The van der Waals surface area contributed by atoms with Crippen molar-refractivity contribution in [1.29, 1.82) is 0 Å². The first-order valence-corrected chi connectivity index (χ1v) is 6.55. The molecular weight excluding hydrogens is 268 g/mol. The first-order valence-electron chi connectivity index (χ1n) is 6.55. The van der Waals surface area contributed by atoms with Crippen LogP contribution < -0.4 is 10.3 Å². The van der Waals surface area contributed by atoms with E-state index in [1.807, 2.05) is 19.1 Å². The van der Waals surface area contributed by atoms with Gasteiger partial charge in [-0.05, 0) is 36.8 Å². The SMILES string of the molecule is Cc1cnn(CCOc2ccc(C#CCO)cc2)c(=O)c1. The molecular formula is C16H16N2O3. The number of aliphatic hydroxyl groups is 1. The molecule has 0 saturated heterocycles. The lowest BCUT2D eigenvalue weighted by Gasteiger charge is -2.07. The van der Waals surface area contributed by atoms with Crippen molar-refractivity contribution in [1.82, 2.24) is 9.78 Å². The Morgan fingerprint density at radius 3 is 2.76 bits per heavy atom. The van der Waals surface area contributed by atoms with E-state index in [9.17, 15) is 4.79 Å². The predicted molar refractivity (Wildman–Crippen MR) is 79.1 cm³/mol. The first kappa shape index (κ1) is 14.8. The fourth-order valence-electron chi connectivity index (χ4n) is 1.72. The van der Waals surface area contributed by atoms with Crippen molar-refractivity contribution in [2.45, 2.75) is 13.5 Å². The average Bonchev–Trinajstić information content (AvgIpc) is 2.48. The van der Waals surface area contributed by atoms with Gasteiger partial charge >= 0.3 is 0 Å². The number of hydrogen-bond acceptors (Lipinski definition) is 4. The maximum Gasteiger partial charge on any atom is 0.267 e. The van der Waals surface area contributed by atoms with E-state index in [0.717, 1.165) is 11.1 Å². The number of nitrogens with zero attached hydrogens (tertiary/aromatic N) is 2. The smallest absolute Gasteiger partial charge is 0.267 e. The minimum Gasteiger partial charge on any atom is -0.492 e. The largest absolute Gasteiger partial charge is 0.492 e. The second kappa shape index (κ2) is 7.27. The summed E-state index contributed by atoms with van der Waals surface area (Å²) in [7, 11) is 0. The number of rotatable bonds is 4. The van der Waals surface area contributed by atoms with Crippen molar-refractivity contribution in [2.75, 3.05) is 13.2 Å².